The van der Waals surface area contributed by atoms with Crippen LogP contribution in [0, 0.1) is 0 Å². The van der Waals surface area contributed by atoms with Crippen molar-refractivity contribution < 1.29 is 37.9 Å². The van der Waals surface area contributed by atoms with Crippen LogP contribution in [0.15, 0.2) is 41.3 Å². The topological polar surface area (TPSA) is 112 Å². The highest BCUT2D eigenvalue weighted by Crippen LogP contribution is 2.43. The van der Waals surface area contributed by atoms with Crippen molar-refractivity contribution in [2.24, 2.45) is 0 Å². The molecule has 0 unspecified atom stereocenters. The fourth-order valence-corrected chi connectivity index (χ4v) is 3.88. The third kappa shape index (κ3) is 5.58. The lowest BCUT2D eigenvalue weighted by Gasteiger charge is -2.12. The Labute approximate surface area is 178 Å². The molecule has 8 nitrogen and oxygen atoms in total. The average Bonchev–Trinajstić information content (AvgIpc) is 3.16. The number of benzene rings is 2. The van der Waals surface area contributed by atoms with Gasteiger partial charge in [0, 0.05) is 6.07 Å². The van der Waals surface area contributed by atoms with Crippen LogP contribution >= 0.6 is 19.6 Å². The van der Waals surface area contributed by atoms with Crippen LogP contribution in [0.5, 0.6) is 23.0 Å². The number of methoxy groups -OCH3 is 1. The number of carbonyl (C=O) groups excluding carboxylic acids is 1. The van der Waals surface area contributed by atoms with Gasteiger partial charge < -0.3 is 18.7 Å². The van der Waals surface area contributed by atoms with Crippen molar-refractivity contribution in [3.05, 3.63) is 47.5 Å². The van der Waals surface area contributed by atoms with E-state index in [1.54, 1.807) is 18.2 Å². The third-order valence-electron chi connectivity index (χ3n) is 4.03. The van der Waals surface area contributed by atoms with E-state index in [-0.39, 0.29) is 17.3 Å². The Morgan fingerprint density at radius 3 is 2.73 bits per heavy atom. The second-order valence-corrected chi connectivity index (χ2v) is 8.37. The molecule has 0 bridgehead atoms. The minimum atomic E-state index is -4.76. The summed E-state index contributed by atoms with van der Waals surface area (Å²) in [5.74, 6) is 1.40. The van der Waals surface area contributed by atoms with Crippen molar-refractivity contribution in [1.29, 1.82) is 0 Å². The van der Waals surface area contributed by atoms with Crippen LogP contribution in [0.1, 0.15) is 29.3 Å². The molecule has 10 heteroatoms. The molecule has 2 aromatic rings. The average molecular weight is 452 g/mol. The maximum Gasteiger partial charge on any atom is 0.524 e. The number of phosphoric acid groups is 1. The zero-order chi connectivity index (χ0) is 21.7. The van der Waals surface area contributed by atoms with Gasteiger partial charge in [-0.25, -0.2) is 4.57 Å². The first-order chi connectivity index (χ1) is 14.3. The van der Waals surface area contributed by atoms with Gasteiger partial charge in [-0.05, 0) is 36.3 Å². The Balaban J connectivity index is 1.87. The zero-order valence-corrected chi connectivity index (χ0v) is 18.1. The van der Waals surface area contributed by atoms with Crippen molar-refractivity contribution in [3.8, 4) is 23.0 Å². The summed E-state index contributed by atoms with van der Waals surface area (Å²) in [6, 6.07) is 7.99. The standard InChI is InChI=1S/C20H21O8PS/c1-3-8-26-17-11-19-20(30-12-27-19)10-14(17)15(21)6-4-13-5-7-16(25-2)18(9-13)28-29(22,23)24/h4-7,9-11H,3,8,12H2,1-2H3,(H2,22,23,24)/b6-4+. The van der Waals surface area contributed by atoms with E-state index in [1.807, 2.05) is 6.92 Å². The Hall–Kier alpha value is -2.45. The lowest BCUT2D eigenvalue weighted by molar-refractivity contribution is 0.104. The molecule has 0 saturated heterocycles. The summed E-state index contributed by atoms with van der Waals surface area (Å²) < 4.78 is 32.1. The molecule has 0 saturated carbocycles. The molecule has 30 heavy (non-hydrogen) atoms. The molecule has 2 N–H and O–H groups in total. The van der Waals surface area contributed by atoms with Gasteiger partial charge in [-0.1, -0.05) is 30.8 Å². The summed E-state index contributed by atoms with van der Waals surface area (Å²) in [6.45, 7) is 2.44. The van der Waals surface area contributed by atoms with Crippen LogP contribution in [0.4, 0.5) is 0 Å². The van der Waals surface area contributed by atoms with Crippen molar-refractivity contribution >= 4 is 31.4 Å². The van der Waals surface area contributed by atoms with E-state index in [2.05, 4.69) is 4.52 Å². The molecular formula is C20H21O8PS. The largest absolute Gasteiger partial charge is 0.524 e. The van der Waals surface area contributed by atoms with Gasteiger partial charge >= 0.3 is 7.82 Å². The number of phosphoric ester groups is 1. The minimum Gasteiger partial charge on any atom is -0.493 e. The van der Waals surface area contributed by atoms with E-state index >= 15 is 0 Å². The van der Waals surface area contributed by atoms with Gasteiger partial charge in [-0.2, -0.15) is 0 Å². The van der Waals surface area contributed by atoms with E-state index in [0.717, 1.165) is 11.3 Å². The van der Waals surface area contributed by atoms with Gasteiger partial charge in [0.25, 0.3) is 0 Å². The molecule has 3 rings (SSSR count). The van der Waals surface area contributed by atoms with Crippen LogP contribution in [-0.2, 0) is 4.57 Å². The van der Waals surface area contributed by atoms with Gasteiger partial charge in [0.15, 0.2) is 17.3 Å². The second kappa shape index (κ2) is 9.57. The maximum absolute atomic E-state index is 12.8. The SMILES string of the molecule is CCCOc1cc2c(cc1C(=O)/C=C/c1ccc(OC)c(OP(=O)(O)O)c1)SCO2. The van der Waals surface area contributed by atoms with Gasteiger partial charge in [0.1, 0.15) is 17.4 Å². The van der Waals surface area contributed by atoms with Crippen LogP contribution in [0.25, 0.3) is 6.08 Å². The molecular weight excluding hydrogens is 431 g/mol. The summed E-state index contributed by atoms with van der Waals surface area (Å²) in [5, 5.41) is 0. The first-order valence-electron chi connectivity index (χ1n) is 9.02. The Morgan fingerprint density at radius 1 is 1.23 bits per heavy atom. The highest BCUT2D eigenvalue weighted by molar-refractivity contribution is 7.99. The van der Waals surface area contributed by atoms with Crippen LogP contribution in [0.2, 0.25) is 0 Å². The molecule has 2 aromatic carbocycles. The number of rotatable bonds is 9. The Kier molecular flexibility index (Phi) is 7.10. The summed E-state index contributed by atoms with van der Waals surface area (Å²) >= 11 is 1.50. The van der Waals surface area contributed by atoms with E-state index < -0.39 is 7.82 Å². The summed E-state index contributed by atoms with van der Waals surface area (Å²) in [7, 11) is -3.41. The third-order valence-corrected chi connectivity index (χ3v) is 5.33. The lowest BCUT2D eigenvalue weighted by Crippen LogP contribution is -2.03. The summed E-state index contributed by atoms with van der Waals surface area (Å²) in [5.41, 5.74) is 0.916. The molecule has 0 amide bonds. The van der Waals surface area contributed by atoms with Crippen LogP contribution in [-0.4, -0.2) is 35.2 Å². The fraction of sp³-hybridized carbons (Fsp3) is 0.250. The molecule has 1 heterocycles. The van der Waals surface area contributed by atoms with Crippen LogP contribution < -0.4 is 18.7 Å². The molecule has 0 atom stereocenters. The van der Waals surface area contributed by atoms with Gasteiger partial charge in [0.05, 0.1) is 24.2 Å². The molecule has 0 radical (unpaired) electrons. The Bertz CT molecular complexity index is 1010. The number of hydrogen-bond donors (Lipinski definition) is 2. The molecule has 160 valence electrons. The fourth-order valence-electron chi connectivity index (χ4n) is 2.71. The number of thioether (sulfide) groups is 1. The molecule has 1 aliphatic rings. The summed E-state index contributed by atoms with van der Waals surface area (Å²) in [6.07, 6.45) is 3.68. The van der Waals surface area contributed by atoms with Gasteiger partial charge in [-0.15, -0.1) is 0 Å². The molecule has 0 aliphatic carbocycles. The summed E-state index contributed by atoms with van der Waals surface area (Å²) in [4.78, 5) is 31.8. The highest BCUT2D eigenvalue weighted by Gasteiger charge is 2.21. The van der Waals surface area contributed by atoms with E-state index in [0.29, 0.717) is 35.2 Å². The van der Waals surface area contributed by atoms with Crippen LogP contribution in [0.3, 0.4) is 0 Å². The molecule has 0 spiro atoms. The first kappa shape index (κ1) is 22.2. The number of fused-ring (bicyclic) bond motifs is 1. The molecule has 0 fully saturated rings. The second-order valence-electron chi connectivity index (χ2n) is 6.24. The number of carbonyl (C=O) groups is 1. The van der Waals surface area contributed by atoms with E-state index in [9.17, 15) is 9.36 Å². The number of allylic oxidation sites excluding steroid dienone is 1. The number of hydrogen-bond acceptors (Lipinski definition) is 7. The predicted molar refractivity (Wildman–Crippen MR) is 113 cm³/mol. The van der Waals surface area contributed by atoms with Crippen molar-refractivity contribution in [2.75, 3.05) is 19.7 Å². The Morgan fingerprint density at radius 2 is 2.03 bits per heavy atom. The zero-order valence-electron chi connectivity index (χ0n) is 16.4. The maximum atomic E-state index is 12.8. The lowest BCUT2D eigenvalue weighted by atomic mass is 10.1. The highest BCUT2D eigenvalue weighted by atomic mass is 32.2. The van der Waals surface area contributed by atoms with Gasteiger partial charge in [-0.3, -0.25) is 14.6 Å². The number of ketones is 1. The van der Waals surface area contributed by atoms with E-state index in [1.165, 1.54) is 43.2 Å². The minimum absolute atomic E-state index is 0.126. The van der Waals surface area contributed by atoms with Crippen molar-refractivity contribution in [1.82, 2.24) is 0 Å². The smallest absolute Gasteiger partial charge is 0.493 e. The first-order valence-corrected chi connectivity index (χ1v) is 11.5. The van der Waals surface area contributed by atoms with E-state index in [4.69, 9.17) is 24.0 Å². The predicted octanol–water partition coefficient (Wildman–Crippen LogP) is 4.29. The van der Waals surface area contributed by atoms with Gasteiger partial charge in [0.2, 0.25) is 0 Å². The number of ether oxygens (including phenoxy) is 3. The van der Waals surface area contributed by atoms with Crippen molar-refractivity contribution in [2.45, 2.75) is 18.2 Å². The quantitative estimate of drug-likeness (QED) is 0.327. The normalized spacial score (nSPS) is 13.1. The molecule has 1 aliphatic heterocycles. The monoisotopic (exact) mass is 452 g/mol. The van der Waals surface area contributed by atoms with Crippen molar-refractivity contribution in [3.63, 3.8) is 0 Å². The molecule has 0 aromatic heterocycles.